The molecule has 0 saturated heterocycles. The molecule has 0 unspecified atom stereocenters. The van der Waals surface area contributed by atoms with Crippen molar-refractivity contribution in [1.82, 2.24) is 10.1 Å². The largest absolute Gasteiger partial charge is 0.454 e. The molecule has 0 aliphatic rings. The molecule has 2 heterocycles. The van der Waals surface area contributed by atoms with Crippen molar-refractivity contribution < 1.29 is 14.1 Å². The highest BCUT2D eigenvalue weighted by molar-refractivity contribution is 5.90. The minimum atomic E-state index is -0.612. The molecule has 6 nitrogen and oxygen atoms in total. The number of benzene rings is 1. The minimum Gasteiger partial charge on any atom is -0.454 e. The SMILES string of the molecule is Cc1cc(COC(=O)c2cc(=O)c3ccccc3[nH]2)no1. The van der Waals surface area contributed by atoms with Gasteiger partial charge in [0.15, 0.2) is 5.43 Å². The van der Waals surface area contributed by atoms with Crippen LogP contribution in [0.2, 0.25) is 0 Å². The van der Waals surface area contributed by atoms with E-state index in [9.17, 15) is 9.59 Å². The van der Waals surface area contributed by atoms with Crippen molar-refractivity contribution >= 4 is 16.9 Å². The van der Waals surface area contributed by atoms with Gasteiger partial charge < -0.3 is 14.2 Å². The van der Waals surface area contributed by atoms with Gasteiger partial charge in [-0.2, -0.15) is 0 Å². The van der Waals surface area contributed by atoms with Crippen LogP contribution in [0.25, 0.3) is 10.9 Å². The quantitative estimate of drug-likeness (QED) is 0.745. The number of ether oxygens (including phenoxy) is 1. The molecule has 0 radical (unpaired) electrons. The molecule has 1 aromatic carbocycles. The first-order valence-electron chi connectivity index (χ1n) is 6.35. The molecule has 0 amide bonds. The normalized spacial score (nSPS) is 10.7. The van der Waals surface area contributed by atoms with E-state index in [0.717, 1.165) is 0 Å². The summed E-state index contributed by atoms with van der Waals surface area (Å²) in [5, 5.41) is 4.25. The molecule has 0 saturated carbocycles. The maximum Gasteiger partial charge on any atom is 0.355 e. The molecule has 106 valence electrons. The van der Waals surface area contributed by atoms with Gasteiger partial charge in [0.2, 0.25) is 0 Å². The summed E-state index contributed by atoms with van der Waals surface area (Å²) in [6.45, 7) is 1.74. The molecule has 0 fully saturated rings. The van der Waals surface area contributed by atoms with Crippen LogP contribution in [0, 0.1) is 6.92 Å². The number of aromatic amines is 1. The van der Waals surface area contributed by atoms with Crippen LogP contribution in [0.4, 0.5) is 0 Å². The van der Waals surface area contributed by atoms with Crippen LogP contribution in [-0.2, 0) is 11.3 Å². The average molecular weight is 284 g/mol. The van der Waals surface area contributed by atoms with Crippen molar-refractivity contribution in [3.63, 3.8) is 0 Å². The third kappa shape index (κ3) is 2.69. The summed E-state index contributed by atoms with van der Waals surface area (Å²) in [4.78, 5) is 26.8. The van der Waals surface area contributed by atoms with Gasteiger partial charge >= 0.3 is 5.97 Å². The maximum atomic E-state index is 12.0. The highest BCUT2D eigenvalue weighted by Crippen LogP contribution is 2.09. The van der Waals surface area contributed by atoms with Crippen molar-refractivity contribution in [2.24, 2.45) is 0 Å². The van der Waals surface area contributed by atoms with Gasteiger partial charge in [-0.15, -0.1) is 0 Å². The summed E-state index contributed by atoms with van der Waals surface area (Å²) >= 11 is 0. The fourth-order valence-corrected chi connectivity index (χ4v) is 2.01. The molecule has 0 aliphatic carbocycles. The van der Waals surface area contributed by atoms with Crippen LogP contribution in [0.3, 0.4) is 0 Å². The Morgan fingerprint density at radius 1 is 1.33 bits per heavy atom. The molecular formula is C15H12N2O4. The van der Waals surface area contributed by atoms with Gasteiger partial charge in [0.1, 0.15) is 23.8 Å². The summed E-state index contributed by atoms with van der Waals surface area (Å²) in [6, 6.07) is 9.89. The second-order valence-electron chi connectivity index (χ2n) is 4.60. The predicted molar refractivity (Wildman–Crippen MR) is 74.9 cm³/mol. The molecule has 2 aromatic heterocycles. The minimum absolute atomic E-state index is 0.00890. The van der Waals surface area contributed by atoms with Gasteiger partial charge in [0.25, 0.3) is 0 Å². The van der Waals surface area contributed by atoms with E-state index >= 15 is 0 Å². The lowest BCUT2D eigenvalue weighted by atomic mass is 10.2. The van der Waals surface area contributed by atoms with Crippen LogP contribution in [0.1, 0.15) is 21.9 Å². The predicted octanol–water partition coefficient (Wildman–Crippen LogP) is 2.18. The first-order chi connectivity index (χ1) is 10.1. The number of hydrogen-bond donors (Lipinski definition) is 1. The highest BCUT2D eigenvalue weighted by atomic mass is 16.5. The Bertz CT molecular complexity index is 863. The Hall–Kier alpha value is -2.89. The number of rotatable bonds is 3. The number of fused-ring (bicyclic) bond motifs is 1. The molecular weight excluding hydrogens is 272 g/mol. The first-order valence-corrected chi connectivity index (χ1v) is 6.35. The van der Waals surface area contributed by atoms with Gasteiger partial charge in [-0.1, -0.05) is 17.3 Å². The summed E-state index contributed by atoms with van der Waals surface area (Å²) in [7, 11) is 0. The van der Waals surface area contributed by atoms with E-state index < -0.39 is 5.97 Å². The van der Waals surface area contributed by atoms with E-state index in [1.54, 1.807) is 37.3 Å². The summed E-state index contributed by atoms with van der Waals surface area (Å²) in [5.41, 5.74) is 0.991. The number of pyridine rings is 1. The fraction of sp³-hybridized carbons (Fsp3) is 0.133. The lowest BCUT2D eigenvalue weighted by Crippen LogP contribution is -2.12. The van der Waals surface area contributed by atoms with Gasteiger partial charge in [-0.25, -0.2) is 4.79 Å². The van der Waals surface area contributed by atoms with Gasteiger partial charge in [0.05, 0.1) is 0 Å². The third-order valence-corrected chi connectivity index (χ3v) is 2.99. The topological polar surface area (TPSA) is 85.2 Å². The van der Waals surface area contributed by atoms with Gasteiger partial charge in [0, 0.05) is 23.0 Å². The van der Waals surface area contributed by atoms with Crippen molar-refractivity contribution in [1.29, 1.82) is 0 Å². The van der Waals surface area contributed by atoms with Crippen LogP contribution in [0.15, 0.2) is 45.7 Å². The third-order valence-electron chi connectivity index (χ3n) is 2.99. The van der Waals surface area contributed by atoms with Gasteiger partial charge in [-0.05, 0) is 19.1 Å². The van der Waals surface area contributed by atoms with Gasteiger partial charge in [-0.3, -0.25) is 4.79 Å². The second kappa shape index (κ2) is 5.24. The van der Waals surface area contributed by atoms with E-state index in [4.69, 9.17) is 9.26 Å². The average Bonchev–Trinajstić information content (AvgIpc) is 2.90. The molecule has 21 heavy (non-hydrogen) atoms. The second-order valence-corrected chi connectivity index (χ2v) is 4.60. The number of hydrogen-bond acceptors (Lipinski definition) is 5. The molecule has 1 N–H and O–H groups in total. The maximum absolute atomic E-state index is 12.0. The molecule has 0 aliphatic heterocycles. The van der Waals surface area contributed by atoms with Crippen molar-refractivity contribution in [2.75, 3.05) is 0 Å². The van der Waals surface area contributed by atoms with E-state index in [-0.39, 0.29) is 17.7 Å². The summed E-state index contributed by atoms with van der Waals surface area (Å²) in [5.74, 6) is 0.0265. The molecule has 0 bridgehead atoms. The fourth-order valence-electron chi connectivity index (χ4n) is 2.01. The first kappa shape index (κ1) is 13.1. The molecule has 3 rings (SSSR count). The number of carbonyl (C=O) groups is 1. The number of nitrogens with one attached hydrogen (secondary N) is 1. The standard InChI is InChI=1S/C15H12N2O4/c1-9-6-10(17-21-9)8-20-15(19)13-7-14(18)11-4-2-3-5-12(11)16-13/h2-7H,8H2,1H3,(H,16,18). The zero-order valence-corrected chi connectivity index (χ0v) is 11.3. The van der Waals surface area contributed by atoms with Crippen molar-refractivity contribution in [3.8, 4) is 0 Å². The summed E-state index contributed by atoms with van der Waals surface area (Å²) in [6.07, 6.45) is 0. The number of nitrogens with zero attached hydrogens (tertiary/aromatic N) is 1. The van der Waals surface area contributed by atoms with E-state index in [1.165, 1.54) is 6.07 Å². The number of esters is 1. The Morgan fingerprint density at radius 2 is 2.14 bits per heavy atom. The van der Waals surface area contributed by atoms with E-state index in [2.05, 4.69) is 10.1 Å². The number of aryl methyl sites for hydroxylation is 1. The van der Waals surface area contributed by atoms with Crippen LogP contribution in [-0.4, -0.2) is 16.1 Å². The Balaban J connectivity index is 1.83. The van der Waals surface area contributed by atoms with Crippen molar-refractivity contribution in [3.05, 3.63) is 63.8 Å². The van der Waals surface area contributed by atoms with Crippen molar-refractivity contribution in [2.45, 2.75) is 13.5 Å². The Morgan fingerprint density at radius 3 is 2.90 bits per heavy atom. The Labute approximate surface area is 119 Å². The lowest BCUT2D eigenvalue weighted by Gasteiger charge is -2.04. The number of carbonyl (C=O) groups excluding carboxylic acids is 1. The van der Waals surface area contributed by atoms with E-state index in [0.29, 0.717) is 22.4 Å². The number of para-hydroxylation sites is 1. The molecule has 6 heteroatoms. The number of aromatic nitrogens is 2. The van der Waals surface area contributed by atoms with Crippen LogP contribution < -0.4 is 5.43 Å². The van der Waals surface area contributed by atoms with Crippen LogP contribution in [0.5, 0.6) is 0 Å². The highest BCUT2D eigenvalue weighted by Gasteiger charge is 2.12. The zero-order valence-electron chi connectivity index (χ0n) is 11.3. The molecule has 0 atom stereocenters. The molecule has 0 spiro atoms. The zero-order chi connectivity index (χ0) is 14.8. The lowest BCUT2D eigenvalue weighted by molar-refractivity contribution is 0.0457. The monoisotopic (exact) mass is 284 g/mol. The van der Waals surface area contributed by atoms with Crippen LogP contribution >= 0.6 is 0 Å². The molecule has 3 aromatic rings. The Kier molecular flexibility index (Phi) is 3.27. The van der Waals surface area contributed by atoms with E-state index in [1.807, 2.05) is 0 Å². The number of H-pyrrole nitrogens is 1. The smallest absolute Gasteiger partial charge is 0.355 e. The summed E-state index contributed by atoms with van der Waals surface area (Å²) < 4.78 is 9.98.